The largest absolute Gasteiger partial charge is 0.376 e. The molecule has 31 heavy (non-hydrogen) atoms. The molecule has 2 saturated heterocycles. The fourth-order valence-electron chi connectivity index (χ4n) is 4.72. The van der Waals surface area contributed by atoms with Crippen LogP contribution in [0.2, 0.25) is 0 Å². The highest BCUT2D eigenvalue weighted by molar-refractivity contribution is 5.94. The fourth-order valence-corrected chi connectivity index (χ4v) is 4.72. The van der Waals surface area contributed by atoms with Crippen molar-refractivity contribution in [1.29, 1.82) is 0 Å². The Morgan fingerprint density at radius 1 is 1.06 bits per heavy atom. The van der Waals surface area contributed by atoms with Crippen molar-refractivity contribution in [3.8, 4) is 0 Å². The molecule has 5 heteroatoms. The zero-order valence-electron chi connectivity index (χ0n) is 18.4. The molecule has 0 aliphatic carbocycles. The fraction of sp³-hybridized carbons (Fsp3) is 0.500. The van der Waals surface area contributed by atoms with Crippen LogP contribution in [0, 0.1) is 18.7 Å². The molecular formula is C26H33FN2O2. The second-order valence-electron chi connectivity index (χ2n) is 9.00. The van der Waals surface area contributed by atoms with Crippen LogP contribution >= 0.6 is 0 Å². The van der Waals surface area contributed by atoms with Crippen molar-refractivity contribution in [1.82, 2.24) is 9.80 Å². The molecule has 2 aromatic rings. The molecule has 2 aromatic carbocycles. The lowest BCUT2D eigenvalue weighted by Crippen LogP contribution is -2.43. The van der Waals surface area contributed by atoms with E-state index in [9.17, 15) is 9.18 Å². The number of likely N-dealkylation sites (tertiary alicyclic amines) is 1. The van der Waals surface area contributed by atoms with Gasteiger partial charge in [0.1, 0.15) is 5.82 Å². The average molecular weight is 425 g/mol. The van der Waals surface area contributed by atoms with Crippen molar-refractivity contribution in [2.24, 2.45) is 5.92 Å². The summed E-state index contributed by atoms with van der Waals surface area (Å²) in [4.78, 5) is 17.7. The maximum atomic E-state index is 13.3. The number of hydrogen-bond acceptors (Lipinski definition) is 3. The molecule has 0 saturated carbocycles. The molecule has 4 nitrogen and oxygen atoms in total. The summed E-state index contributed by atoms with van der Waals surface area (Å²) in [6, 6.07) is 14.5. The van der Waals surface area contributed by atoms with Gasteiger partial charge in [-0.2, -0.15) is 0 Å². The van der Waals surface area contributed by atoms with Gasteiger partial charge in [-0.1, -0.05) is 24.3 Å². The van der Waals surface area contributed by atoms with Crippen molar-refractivity contribution >= 4 is 5.91 Å². The van der Waals surface area contributed by atoms with Crippen molar-refractivity contribution in [2.75, 3.05) is 32.8 Å². The van der Waals surface area contributed by atoms with Crippen molar-refractivity contribution < 1.29 is 13.9 Å². The normalized spacial score (nSPS) is 20.1. The summed E-state index contributed by atoms with van der Waals surface area (Å²) in [5.74, 6) is 0.153. The van der Waals surface area contributed by atoms with Crippen LogP contribution in [0.1, 0.15) is 47.2 Å². The first-order valence-corrected chi connectivity index (χ1v) is 11.5. The van der Waals surface area contributed by atoms with Crippen LogP contribution in [-0.4, -0.2) is 54.6 Å². The number of aryl methyl sites for hydroxylation is 1. The number of halogens is 1. The quantitative estimate of drug-likeness (QED) is 0.648. The van der Waals surface area contributed by atoms with Gasteiger partial charge in [-0.05, 0) is 87.0 Å². The zero-order valence-corrected chi connectivity index (χ0v) is 18.4. The first-order chi connectivity index (χ1) is 15.1. The average Bonchev–Trinajstić information content (AvgIpc) is 3.29. The van der Waals surface area contributed by atoms with E-state index in [0.717, 1.165) is 58.5 Å². The molecule has 2 heterocycles. The minimum atomic E-state index is -0.316. The van der Waals surface area contributed by atoms with E-state index in [0.29, 0.717) is 18.0 Å². The summed E-state index contributed by atoms with van der Waals surface area (Å²) in [5.41, 5.74) is 3.29. The van der Waals surface area contributed by atoms with Gasteiger partial charge in [0.15, 0.2) is 0 Å². The lowest BCUT2D eigenvalue weighted by Gasteiger charge is -2.36. The number of ether oxygens (including phenoxy) is 1. The molecule has 2 aliphatic rings. The molecule has 166 valence electrons. The van der Waals surface area contributed by atoms with Gasteiger partial charge in [-0.25, -0.2) is 4.39 Å². The molecule has 1 atom stereocenters. The highest BCUT2D eigenvalue weighted by Crippen LogP contribution is 2.23. The topological polar surface area (TPSA) is 32.8 Å². The Kier molecular flexibility index (Phi) is 7.36. The molecule has 1 amide bonds. The summed E-state index contributed by atoms with van der Waals surface area (Å²) in [7, 11) is 0. The molecule has 2 fully saturated rings. The molecule has 4 rings (SSSR count). The van der Waals surface area contributed by atoms with Crippen molar-refractivity contribution in [2.45, 2.75) is 45.3 Å². The molecule has 0 unspecified atom stereocenters. The van der Waals surface area contributed by atoms with Gasteiger partial charge >= 0.3 is 0 Å². The SMILES string of the molecule is Cc1ccccc1CN1CCC(CN(C[C@H]2CCCO2)C(=O)c2ccc(F)cc2)CC1. The number of amides is 1. The maximum Gasteiger partial charge on any atom is 0.253 e. The molecular weight excluding hydrogens is 391 g/mol. The highest BCUT2D eigenvalue weighted by atomic mass is 19.1. The Balaban J connectivity index is 1.36. The number of carbonyl (C=O) groups excluding carboxylic acids is 1. The summed E-state index contributed by atoms with van der Waals surface area (Å²) in [5, 5.41) is 0. The van der Waals surface area contributed by atoms with Gasteiger partial charge in [0.25, 0.3) is 5.91 Å². The van der Waals surface area contributed by atoms with Crippen molar-refractivity contribution in [3.63, 3.8) is 0 Å². The van der Waals surface area contributed by atoms with Crippen LogP contribution in [0.15, 0.2) is 48.5 Å². The minimum Gasteiger partial charge on any atom is -0.376 e. The number of rotatable bonds is 7. The predicted octanol–water partition coefficient (Wildman–Crippen LogP) is 4.67. The third-order valence-electron chi connectivity index (χ3n) is 6.67. The van der Waals surface area contributed by atoms with E-state index in [1.807, 2.05) is 4.90 Å². The lowest BCUT2D eigenvalue weighted by molar-refractivity contribution is 0.0444. The molecule has 0 radical (unpaired) electrons. The van der Waals surface area contributed by atoms with E-state index in [1.54, 1.807) is 12.1 Å². The van der Waals surface area contributed by atoms with Crippen molar-refractivity contribution in [3.05, 3.63) is 71.0 Å². The second kappa shape index (κ2) is 10.4. The second-order valence-corrected chi connectivity index (χ2v) is 9.00. The van der Waals surface area contributed by atoms with Crippen LogP contribution < -0.4 is 0 Å². The smallest absolute Gasteiger partial charge is 0.253 e. The van der Waals surface area contributed by atoms with Gasteiger partial charge < -0.3 is 9.64 Å². The van der Waals surface area contributed by atoms with E-state index < -0.39 is 0 Å². The summed E-state index contributed by atoms with van der Waals surface area (Å²) < 4.78 is 19.1. The predicted molar refractivity (Wildman–Crippen MR) is 120 cm³/mol. The third kappa shape index (κ3) is 5.92. The monoisotopic (exact) mass is 424 g/mol. The van der Waals surface area contributed by atoms with Gasteiger partial charge in [-0.3, -0.25) is 9.69 Å². The molecule has 0 spiro atoms. The lowest BCUT2D eigenvalue weighted by atomic mass is 9.95. The van der Waals surface area contributed by atoms with E-state index in [1.165, 1.54) is 23.3 Å². The number of nitrogens with zero attached hydrogens (tertiary/aromatic N) is 2. The maximum absolute atomic E-state index is 13.3. The number of hydrogen-bond donors (Lipinski definition) is 0. The number of benzene rings is 2. The van der Waals surface area contributed by atoms with E-state index in [4.69, 9.17) is 4.74 Å². The van der Waals surface area contributed by atoms with Crippen LogP contribution in [0.3, 0.4) is 0 Å². The van der Waals surface area contributed by atoms with Crippen LogP contribution in [0.25, 0.3) is 0 Å². The standard InChI is InChI=1S/C26H33FN2O2/c1-20-5-2-3-6-23(20)18-28-14-12-21(13-15-28)17-29(19-25-7-4-16-31-25)26(30)22-8-10-24(27)11-9-22/h2-3,5-6,8-11,21,25H,4,7,12-19H2,1H3/t25-/m1/s1. The molecule has 0 aromatic heterocycles. The first-order valence-electron chi connectivity index (χ1n) is 11.5. The van der Waals surface area contributed by atoms with Gasteiger partial charge in [0, 0.05) is 31.8 Å². The first kappa shape index (κ1) is 22.0. The van der Waals surface area contributed by atoms with Crippen LogP contribution in [0.4, 0.5) is 4.39 Å². The summed E-state index contributed by atoms with van der Waals surface area (Å²) in [6.45, 7) is 7.42. The zero-order chi connectivity index (χ0) is 21.6. The van der Waals surface area contributed by atoms with Gasteiger partial charge in [-0.15, -0.1) is 0 Å². The Morgan fingerprint density at radius 3 is 2.48 bits per heavy atom. The Labute approximate surface area is 185 Å². The molecule has 0 bridgehead atoms. The summed E-state index contributed by atoms with van der Waals surface area (Å²) in [6.07, 6.45) is 4.35. The minimum absolute atomic E-state index is 0.0159. The number of carbonyl (C=O) groups is 1. The van der Waals surface area contributed by atoms with Crippen LogP contribution in [0.5, 0.6) is 0 Å². The van der Waals surface area contributed by atoms with Crippen LogP contribution in [-0.2, 0) is 11.3 Å². The Hall–Kier alpha value is -2.24. The van der Waals surface area contributed by atoms with E-state index >= 15 is 0 Å². The van der Waals surface area contributed by atoms with E-state index in [2.05, 4.69) is 36.1 Å². The van der Waals surface area contributed by atoms with Gasteiger partial charge in [0.2, 0.25) is 0 Å². The third-order valence-corrected chi connectivity index (χ3v) is 6.67. The number of piperidine rings is 1. The van der Waals surface area contributed by atoms with E-state index in [-0.39, 0.29) is 17.8 Å². The Morgan fingerprint density at radius 2 is 1.81 bits per heavy atom. The highest BCUT2D eigenvalue weighted by Gasteiger charge is 2.28. The molecule has 0 N–H and O–H groups in total. The summed E-state index contributed by atoms with van der Waals surface area (Å²) >= 11 is 0. The Bertz CT molecular complexity index is 856. The van der Waals surface area contributed by atoms with Gasteiger partial charge in [0.05, 0.1) is 6.10 Å². The molecule has 2 aliphatic heterocycles.